The van der Waals surface area contributed by atoms with Crippen molar-refractivity contribution in [3.63, 3.8) is 0 Å². The highest BCUT2D eigenvalue weighted by molar-refractivity contribution is 7.91. The Morgan fingerprint density at radius 3 is 2.52 bits per heavy atom. The smallest absolute Gasteiger partial charge is 0.250 e. The van der Waals surface area contributed by atoms with Gasteiger partial charge in [0.2, 0.25) is 10.0 Å². The van der Waals surface area contributed by atoms with Gasteiger partial charge in [-0.05, 0) is 36.2 Å². The van der Waals surface area contributed by atoms with Gasteiger partial charge >= 0.3 is 0 Å². The van der Waals surface area contributed by atoms with Crippen LogP contribution >= 0.6 is 11.3 Å². The number of hydrogen-bond donors (Lipinski definition) is 4. The second-order valence-corrected chi connectivity index (χ2v) is 9.90. The quantitative estimate of drug-likeness (QED) is 0.335. The van der Waals surface area contributed by atoms with Crippen LogP contribution in [0.4, 0.5) is 0 Å². The van der Waals surface area contributed by atoms with Crippen molar-refractivity contribution in [2.45, 2.75) is 22.8 Å². The fourth-order valence-electron chi connectivity index (χ4n) is 2.85. The minimum absolute atomic E-state index is 0.0195. The molecule has 1 aromatic carbocycles. The molecule has 1 amide bonds. The predicted octanol–water partition coefficient (Wildman–Crippen LogP) is 1.14. The van der Waals surface area contributed by atoms with Gasteiger partial charge in [-0.2, -0.15) is 0 Å². The van der Waals surface area contributed by atoms with Crippen molar-refractivity contribution in [3.05, 3.63) is 72.4 Å². The van der Waals surface area contributed by atoms with Gasteiger partial charge in [-0.1, -0.05) is 36.4 Å². The average molecular weight is 461 g/mol. The maximum atomic E-state index is 12.5. The molecule has 0 saturated heterocycles. The molecule has 5 N–H and O–H groups in total. The van der Waals surface area contributed by atoms with E-state index in [0.717, 1.165) is 21.8 Å². The minimum atomic E-state index is -3.72. The van der Waals surface area contributed by atoms with Gasteiger partial charge in [0.05, 0.1) is 10.6 Å². The molecule has 164 valence electrons. The second kappa shape index (κ2) is 10.6. The average Bonchev–Trinajstić information content (AvgIpc) is 3.29. The SMILES string of the molecule is NC(Cc1ccccc1)C(O)C(=O)NCCNS(=O)(=O)c1ccc(-c2ccccn2)s1. The summed E-state index contributed by atoms with van der Waals surface area (Å²) in [7, 11) is -3.72. The van der Waals surface area contributed by atoms with E-state index in [4.69, 9.17) is 5.73 Å². The second-order valence-electron chi connectivity index (χ2n) is 6.82. The maximum Gasteiger partial charge on any atom is 0.250 e. The van der Waals surface area contributed by atoms with Crippen molar-refractivity contribution in [2.75, 3.05) is 13.1 Å². The number of benzene rings is 1. The number of rotatable bonds is 10. The molecule has 0 bridgehead atoms. The number of aromatic nitrogens is 1. The van der Waals surface area contributed by atoms with Crippen LogP contribution in [0.25, 0.3) is 10.6 Å². The molecule has 2 atom stereocenters. The molecule has 0 spiro atoms. The lowest BCUT2D eigenvalue weighted by molar-refractivity contribution is -0.130. The molecular weight excluding hydrogens is 436 g/mol. The highest BCUT2D eigenvalue weighted by Gasteiger charge is 2.23. The Kier molecular flexibility index (Phi) is 7.88. The molecule has 31 heavy (non-hydrogen) atoms. The molecule has 0 aliphatic carbocycles. The van der Waals surface area contributed by atoms with Gasteiger partial charge < -0.3 is 16.2 Å². The fraction of sp³-hybridized carbons (Fsp3) is 0.238. The van der Waals surface area contributed by atoms with Crippen LogP contribution in [0.3, 0.4) is 0 Å². The first-order valence-corrected chi connectivity index (χ1v) is 11.9. The lowest BCUT2D eigenvalue weighted by Gasteiger charge is -2.18. The van der Waals surface area contributed by atoms with Gasteiger partial charge in [-0.25, -0.2) is 13.1 Å². The summed E-state index contributed by atoms with van der Waals surface area (Å²) in [6.45, 7) is -0.00279. The molecule has 0 saturated carbocycles. The summed E-state index contributed by atoms with van der Waals surface area (Å²) in [6.07, 6.45) is 0.596. The molecule has 0 aliphatic rings. The Morgan fingerprint density at radius 1 is 1.06 bits per heavy atom. The summed E-state index contributed by atoms with van der Waals surface area (Å²) < 4.78 is 27.5. The van der Waals surface area contributed by atoms with E-state index in [-0.39, 0.29) is 17.3 Å². The van der Waals surface area contributed by atoms with E-state index >= 15 is 0 Å². The number of aliphatic hydroxyl groups excluding tert-OH is 1. The molecule has 10 heteroatoms. The van der Waals surface area contributed by atoms with Crippen LogP contribution < -0.4 is 15.8 Å². The zero-order valence-electron chi connectivity index (χ0n) is 16.6. The van der Waals surface area contributed by atoms with Gasteiger partial charge in [-0.3, -0.25) is 9.78 Å². The molecular formula is C21H24N4O4S2. The molecule has 2 aromatic heterocycles. The van der Waals surface area contributed by atoms with E-state index in [2.05, 4.69) is 15.0 Å². The van der Waals surface area contributed by atoms with Crippen LogP contribution in [0, 0.1) is 0 Å². The van der Waals surface area contributed by atoms with Gasteiger partial charge in [0.15, 0.2) is 0 Å². The third kappa shape index (κ3) is 6.42. The van der Waals surface area contributed by atoms with Crippen LogP contribution in [0.1, 0.15) is 5.56 Å². The van der Waals surface area contributed by atoms with Gasteiger partial charge in [0.25, 0.3) is 5.91 Å². The number of sulfonamides is 1. The van der Waals surface area contributed by atoms with Crippen molar-refractivity contribution in [1.82, 2.24) is 15.0 Å². The first-order valence-electron chi connectivity index (χ1n) is 9.63. The third-order valence-corrected chi connectivity index (χ3v) is 7.53. The molecule has 3 rings (SSSR count). The summed E-state index contributed by atoms with van der Waals surface area (Å²) in [5.74, 6) is -0.642. The lowest BCUT2D eigenvalue weighted by Crippen LogP contribution is -2.48. The minimum Gasteiger partial charge on any atom is -0.382 e. The highest BCUT2D eigenvalue weighted by atomic mass is 32.2. The first-order chi connectivity index (χ1) is 14.9. The summed E-state index contributed by atoms with van der Waals surface area (Å²) in [4.78, 5) is 17.1. The molecule has 0 radical (unpaired) electrons. The summed E-state index contributed by atoms with van der Waals surface area (Å²) >= 11 is 1.11. The Hall–Kier alpha value is -2.63. The van der Waals surface area contributed by atoms with Gasteiger partial charge in [0.1, 0.15) is 10.3 Å². The van der Waals surface area contributed by atoms with Crippen molar-refractivity contribution < 1.29 is 18.3 Å². The fourth-order valence-corrected chi connectivity index (χ4v) is 5.21. The van der Waals surface area contributed by atoms with Gasteiger partial charge in [0, 0.05) is 25.3 Å². The van der Waals surface area contributed by atoms with Crippen LogP contribution in [0.15, 0.2) is 71.1 Å². The molecule has 2 heterocycles. The maximum absolute atomic E-state index is 12.5. The Balaban J connectivity index is 1.46. The normalized spacial score (nSPS) is 13.5. The summed E-state index contributed by atoms with van der Waals surface area (Å²) in [5.41, 5.74) is 7.53. The summed E-state index contributed by atoms with van der Waals surface area (Å²) in [5, 5.41) is 12.6. The zero-order valence-corrected chi connectivity index (χ0v) is 18.3. The number of nitrogens with one attached hydrogen (secondary N) is 2. The molecule has 2 unspecified atom stereocenters. The van der Waals surface area contributed by atoms with E-state index in [0.29, 0.717) is 12.1 Å². The van der Waals surface area contributed by atoms with Crippen molar-refractivity contribution >= 4 is 27.3 Å². The number of carbonyl (C=O) groups is 1. The van der Waals surface area contributed by atoms with Crippen LogP contribution in [-0.2, 0) is 21.2 Å². The molecule has 3 aromatic rings. The number of carbonyl (C=O) groups excluding carboxylic acids is 1. The Bertz CT molecular complexity index is 1090. The zero-order chi connectivity index (χ0) is 22.3. The number of pyridine rings is 1. The number of thiophene rings is 1. The van der Waals surface area contributed by atoms with Crippen molar-refractivity contribution in [3.8, 4) is 10.6 Å². The number of nitrogens with two attached hydrogens (primary N) is 1. The third-order valence-electron chi connectivity index (χ3n) is 4.47. The monoisotopic (exact) mass is 460 g/mol. The lowest BCUT2D eigenvalue weighted by atomic mass is 10.0. The Labute approximate surface area is 185 Å². The number of nitrogens with zero attached hydrogens (tertiary/aromatic N) is 1. The number of aliphatic hydroxyl groups is 1. The summed E-state index contributed by atoms with van der Waals surface area (Å²) in [6, 6.07) is 17.2. The Morgan fingerprint density at radius 2 is 1.81 bits per heavy atom. The molecule has 8 nitrogen and oxygen atoms in total. The predicted molar refractivity (Wildman–Crippen MR) is 120 cm³/mol. The van der Waals surface area contributed by atoms with E-state index in [1.54, 1.807) is 24.4 Å². The molecule has 0 fully saturated rings. The number of amides is 1. The first kappa shape index (κ1) is 23.0. The standard InChI is InChI=1S/C21H24N4O4S2/c22-16(14-15-6-2-1-3-7-15)20(26)21(27)24-12-13-25-31(28,29)19-10-9-18(30-19)17-8-4-5-11-23-17/h1-11,16,20,25-26H,12-14,22H2,(H,24,27). The largest absolute Gasteiger partial charge is 0.382 e. The highest BCUT2D eigenvalue weighted by Crippen LogP contribution is 2.29. The van der Waals surface area contributed by atoms with Crippen molar-refractivity contribution in [2.24, 2.45) is 5.73 Å². The number of hydrogen-bond acceptors (Lipinski definition) is 7. The van der Waals surface area contributed by atoms with E-state index in [9.17, 15) is 18.3 Å². The van der Waals surface area contributed by atoms with E-state index in [1.807, 2.05) is 36.4 Å². The van der Waals surface area contributed by atoms with Crippen LogP contribution in [0.2, 0.25) is 0 Å². The van der Waals surface area contributed by atoms with E-state index in [1.165, 1.54) is 6.07 Å². The topological polar surface area (TPSA) is 134 Å². The van der Waals surface area contributed by atoms with Crippen LogP contribution in [0.5, 0.6) is 0 Å². The van der Waals surface area contributed by atoms with Gasteiger partial charge in [-0.15, -0.1) is 11.3 Å². The van der Waals surface area contributed by atoms with E-state index < -0.39 is 28.1 Å². The molecule has 0 aliphatic heterocycles. The van der Waals surface area contributed by atoms with Crippen molar-refractivity contribution in [1.29, 1.82) is 0 Å². The van der Waals surface area contributed by atoms with Crippen LogP contribution in [-0.4, -0.2) is 49.7 Å².